The summed E-state index contributed by atoms with van der Waals surface area (Å²) in [4.78, 5) is 22.4. The third-order valence-electron chi connectivity index (χ3n) is 2.08. The largest absolute Gasteiger partial charge is 0.449 e. The number of carbonyl (C=O) groups excluding carboxylic acids is 2. The van der Waals surface area contributed by atoms with Crippen molar-refractivity contribution in [3.8, 4) is 0 Å². The van der Waals surface area contributed by atoms with Crippen LogP contribution in [0.5, 0.6) is 0 Å². The molecule has 0 radical (unpaired) electrons. The first-order chi connectivity index (χ1) is 6.56. The third-order valence-corrected chi connectivity index (χ3v) is 2.30. The quantitative estimate of drug-likeness (QED) is 0.399. The fourth-order valence-corrected chi connectivity index (χ4v) is 1.28. The SMILES string of the molecule is C=CC(=O)OC(CC)(CC)C(=O)OP. The Balaban J connectivity index is 4.78. The first-order valence-corrected chi connectivity index (χ1v) is 4.80. The van der Waals surface area contributed by atoms with Gasteiger partial charge in [-0.3, -0.25) is 0 Å². The van der Waals surface area contributed by atoms with Crippen LogP contribution in [-0.2, 0) is 18.8 Å². The Labute approximate surface area is 85.9 Å². The highest BCUT2D eigenvalue weighted by Gasteiger charge is 2.39. The molecular formula is C9H15O4P. The van der Waals surface area contributed by atoms with Crippen LogP contribution in [0.15, 0.2) is 12.7 Å². The van der Waals surface area contributed by atoms with Crippen molar-refractivity contribution in [1.82, 2.24) is 0 Å². The van der Waals surface area contributed by atoms with E-state index in [1.165, 1.54) is 0 Å². The summed E-state index contributed by atoms with van der Waals surface area (Å²) in [6.07, 6.45) is 1.77. The van der Waals surface area contributed by atoms with Gasteiger partial charge >= 0.3 is 11.9 Å². The molecule has 0 N–H and O–H groups in total. The minimum atomic E-state index is -1.19. The van der Waals surface area contributed by atoms with Crippen molar-refractivity contribution in [3.63, 3.8) is 0 Å². The van der Waals surface area contributed by atoms with E-state index < -0.39 is 17.5 Å². The molecule has 0 aromatic carbocycles. The Kier molecular flexibility index (Phi) is 5.39. The highest BCUT2D eigenvalue weighted by Crippen LogP contribution is 2.23. The van der Waals surface area contributed by atoms with Crippen LogP contribution in [-0.4, -0.2) is 17.5 Å². The monoisotopic (exact) mass is 218 g/mol. The maximum atomic E-state index is 11.4. The van der Waals surface area contributed by atoms with Gasteiger partial charge in [-0.15, -0.1) is 0 Å². The molecule has 14 heavy (non-hydrogen) atoms. The summed E-state index contributed by atoms with van der Waals surface area (Å²) in [5.41, 5.74) is -1.19. The van der Waals surface area contributed by atoms with E-state index in [-0.39, 0.29) is 0 Å². The predicted octanol–water partition coefficient (Wildman–Crippen LogP) is 1.61. The van der Waals surface area contributed by atoms with E-state index >= 15 is 0 Å². The Bertz CT molecular complexity index is 233. The predicted molar refractivity (Wildman–Crippen MR) is 55.4 cm³/mol. The van der Waals surface area contributed by atoms with Crippen LogP contribution < -0.4 is 0 Å². The van der Waals surface area contributed by atoms with Crippen molar-refractivity contribution in [2.45, 2.75) is 32.3 Å². The zero-order valence-corrected chi connectivity index (χ0v) is 9.56. The zero-order chi connectivity index (χ0) is 11.2. The lowest BCUT2D eigenvalue weighted by molar-refractivity contribution is -0.173. The summed E-state index contributed by atoms with van der Waals surface area (Å²) >= 11 is 0. The zero-order valence-electron chi connectivity index (χ0n) is 8.41. The molecule has 5 heteroatoms. The first-order valence-electron chi connectivity index (χ1n) is 4.32. The van der Waals surface area contributed by atoms with E-state index in [0.29, 0.717) is 12.8 Å². The average Bonchev–Trinajstić information content (AvgIpc) is 2.24. The standard InChI is InChI=1S/C9H15O4P/c1-4-7(10)12-9(5-2,6-3)8(11)13-14/h4H,1,5-6,14H2,2-3H3. The summed E-state index contributed by atoms with van der Waals surface area (Å²) < 4.78 is 9.50. The molecule has 0 aromatic heterocycles. The molecule has 0 aromatic rings. The number of hydrogen-bond donors (Lipinski definition) is 0. The lowest BCUT2D eigenvalue weighted by atomic mass is 9.97. The highest BCUT2D eigenvalue weighted by molar-refractivity contribution is 7.10. The number of esters is 1. The average molecular weight is 218 g/mol. The topological polar surface area (TPSA) is 52.6 Å². The van der Waals surface area contributed by atoms with Gasteiger partial charge in [0.1, 0.15) is 0 Å². The van der Waals surface area contributed by atoms with Crippen molar-refractivity contribution in [3.05, 3.63) is 12.7 Å². The molecule has 0 heterocycles. The summed E-state index contributed by atoms with van der Waals surface area (Å²) in [5.74, 6) is -1.19. The van der Waals surface area contributed by atoms with Crippen LogP contribution in [0.2, 0.25) is 0 Å². The molecule has 1 atom stereocenters. The van der Waals surface area contributed by atoms with Gasteiger partial charge in [0, 0.05) is 6.08 Å². The van der Waals surface area contributed by atoms with Crippen LogP contribution in [0.4, 0.5) is 0 Å². The van der Waals surface area contributed by atoms with Crippen LogP contribution in [0.3, 0.4) is 0 Å². The lowest BCUT2D eigenvalue weighted by Gasteiger charge is -2.27. The molecule has 0 bridgehead atoms. The van der Waals surface area contributed by atoms with E-state index in [4.69, 9.17) is 4.74 Å². The van der Waals surface area contributed by atoms with Crippen LogP contribution in [0.25, 0.3) is 0 Å². The van der Waals surface area contributed by atoms with Gasteiger partial charge in [0.15, 0.2) is 0 Å². The molecule has 0 aliphatic carbocycles. The van der Waals surface area contributed by atoms with Gasteiger partial charge in [-0.05, 0) is 12.8 Å². The van der Waals surface area contributed by atoms with Gasteiger partial charge in [-0.25, -0.2) is 9.59 Å². The van der Waals surface area contributed by atoms with Gasteiger partial charge in [-0.2, -0.15) is 0 Å². The van der Waals surface area contributed by atoms with Crippen LogP contribution in [0.1, 0.15) is 26.7 Å². The van der Waals surface area contributed by atoms with E-state index in [9.17, 15) is 9.59 Å². The Hall–Kier alpha value is -0.890. The van der Waals surface area contributed by atoms with Gasteiger partial charge in [0.25, 0.3) is 0 Å². The number of rotatable bonds is 5. The van der Waals surface area contributed by atoms with Gasteiger partial charge in [-0.1, -0.05) is 20.4 Å². The number of ether oxygens (including phenoxy) is 1. The molecule has 0 aliphatic rings. The second kappa shape index (κ2) is 5.76. The Morgan fingerprint density at radius 1 is 1.43 bits per heavy atom. The third kappa shape index (κ3) is 2.81. The Morgan fingerprint density at radius 3 is 2.21 bits per heavy atom. The number of hydrogen-bond acceptors (Lipinski definition) is 4. The highest BCUT2D eigenvalue weighted by atomic mass is 31.0. The van der Waals surface area contributed by atoms with E-state index in [1.807, 2.05) is 9.47 Å². The van der Waals surface area contributed by atoms with E-state index in [1.54, 1.807) is 13.8 Å². The molecule has 0 saturated heterocycles. The fraction of sp³-hybridized carbons (Fsp3) is 0.556. The molecule has 0 spiro atoms. The summed E-state index contributed by atoms with van der Waals surface area (Å²) in [6, 6.07) is 0. The maximum Gasteiger partial charge on any atom is 0.352 e. The normalized spacial score (nSPS) is 10.5. The van der Waals surface area contributed by atoms with Gasteiger partial charge < -0.3 is 9.26 Å². The summed E-state index contributed by atoms with van der Waals surface area (Å²) in [7, 11) is 1.85. The van der Waals surface area contributed by atoms with E-state index in [0.717, 1.165) is 6.08 Å². The summed E-state index contributed by atoms with van der Waals surface area (Å²) in [6.45, 7) is 6.77. The van der Waals surface area contributed by atoms with Crippen molar-refractivity contribution in [2.75, 3.05) is 0 Å². The van der Waals surface area contributed by atoms with Crippen molar-refractivity contribution in [1.29, 1.82) is 0 Å². The molecule has 0 rings (SSSR count). The fourth-order valence-electron chi connectivity index (χ4n) is 1.07. The van der Waals surface area contributed by atoms with Crippen molar-refractivity contribution in [2.24, 2.45) is 0 Å². The minimum Gasteiger partial charge on any atom is -0.449 e. The Morgan fingerprint density at radius 2 is 1.93 bits per heavy atom. The molecule has 0 saturated carbocycles. The molecule has 0 amide bonds. The first kappa shape index (κ1) is 13.1. The molecule has 1 unspecified atom stereocenters. The smallest absolute Gasteiger partial charge is 0.352 e. The maximum absolute atomic E-state index is 11.4. The molecular weight excluding hydrogens is 203 g/mol. The van der Waals surface area contributed by atoms with Gasteiger partial charge in [0.05, 0.1) is 9.47 Å². The second-order valence-electron chi connectivity index (χ2n) is 2.73. The number of carbonyl (C=O) groups is 2. The van der Waals surface area contributed by atoms with Crippen LogP contribution in [0, 0.1) is 0 Å². The molecule has 80 valence electrons. The molecule has 4 nitrogen and oxygen atoms in total. The molecule has 0 aliphatic heterocycles. The molecule has 0 fully saturated rings. The van der Waals surface area contributed by atoms with E-state index in [2.05, 4.69) is 11.1 Å². The van der Waals surface area contributed by atoms with Crippen molar-refractivity contribution >= 4 is 21.4 Å². The van der Waals surface area contributed by atoms with Crippen molar-refractivity contribution < 1.29 is 18.8 Å². The van der Waals surface area contributed by atoms with Gasteiger partial charge in [0.2, 0.25) is 5.60 Å². The summed E-state index contributed by atoms with van der Waals surface area (Å²) in [5, 5.41) is 0. The van der Waals surface area contributed by atoms with Crippen LogP contribution >= 0.6 is 9.47 Å². The lowest BCUT2D eigenvalue weighted by Crippen LogP contribution is -2.42. The second-order valence-corrected chi connectivity index (χ2v) is 2.97. The minimum absolute atomic E-state index is 0.371.